The predicted molar refractivity (Wildman–Crippen MR) is 79.4 cm³/mol. The zero-order valence-electron chi connectivity index (χ0n) is 11.7. The largest absolute Gasteiger partial charge is 0.383 e. The van der Waals surface area contributed by atoms with Crippen molar-refractivity contribution >= 4 is 5.69 Å². The van der Waals surface area contributed by atoms with Crippen molar-refractivity contribution in [3.8, 4) is 11.3 Å². The van der Waals surface area contributed by atoms with Crippen molar-refractivity contribution in [1.29, 1.82) is 0 Å². The van der Waals surface area contributed by atoms with Gasteiger partial charge in [-0.2, -0.15) is 0 Å². The Morgan fingerprint density at radius 3 is 2.32 bits per heavy atom. The van der Waals surface area contributed by atoms with Crippen LogP contribution in [0.5, 0.6) is 0 Å². The molecule has 0 bridgehead atoms. The Bertz CT molecular complexity index is 566. The van der Waals surface area contributed by atoms with Gasteiger partial charge in [0, 0.05) is 17.8 Å². The molecule has 0 radical (unpaired) electrons. The Morgan fingerprint density at radius 2 is 1.79 bits per heavy atom. The van der Waals surface area contributed by atoms with Crippen LogP contribution in [0, 0.1) is 5.92 Å². The number of anilines is 1. The van der Waals surface area contributed by atoms with Gasteiger partial charge >= 0.3 is 0 Å². The van der Waals surface area contributed by atoms with Crippen molar-refractivity contribution in [1.82, 2.24) is 10.2 Å². The predicted octanol–water partition coefficient (Wildman–Crippen LogP) is 3.22. The molecule has 0 fully saturated rings. The van der Waals surface area contributed by atoms with Gasteiger partial charge in [0.2, 0.25) is 0 Å². The standard InChI is InChI=1S/C15H21N3O/c1-10(2)8-11(3)16-13-6-4-12(5-7-13)14-9-15(19)18-17-14/h4-7,9-11,16H,8H2,1-3H3,(H2,17,18,19). The molecule has 1 heterocycles. The fourth-order valence-corrected chi connectivity index (χ4v) is 2.28. The Hall–Kier alpha value is -1.97. The summed E-state index contributed by atoms with van der Waals surface area (Å²) in [6.07, 6.45) is 1.15. The number of rotatable bonds is 5. The summed E-state index contributed by atoms with van der Waals surface area (Å²) in [5.74, 6) is 0.687. The van der Waals surface area contributed by atoms with Gasteiger partial charge in [0.25, 0.3) is 5.56 Å². The molecule has 1 aromatic heterocycles. The minimum Gasteiger partial charge on any atom is -0.383 e. The quantitative estimate of drug-likeness (QED) is 0.772. The van der Waals surface area contributed by atoms with Crippen molar-refractivity contribution in [3.05, 3.63) is 40.7 Å². The molecule has 1 aromatic carbocycles. The smallest absolute Gasteiger partial charge is 0.264 e. The van der Waals surface area contributed by atoms with Crippen LogP contribution >= 0.6 is 0 Å². The van der Waals surface area contributed by atoms with Crippen LogP contribution in [0.2, 0.25) is 0 Å². The van der Waals surface area contributed by atoms with Crippen LogP contribution in [0.1, 0.15) is 27.2 Å². The maximum atomic E-state index is 11.1. The van der Waals surface area contributed by atoms with E-state index in [0.29, 0.717) is 12.0 Å². The highest BCUT2D eigenvalue weighted by Crippen LogP contribution is 2.19. The van der Waals surface area contributed by atoms with Gasteiger partial charge in [-0.05, 0) is 37.0 Å². The number of H-pyrrole nitrogens is 2. The normalized spacial score (nSPS) is 12.6. The lowest BCUT2D eigenvalue weighted by atomic mass is 10.0. The molecule has 0 aliphatic heterocycles. The summed E-state index contributed by atoms with van der Waals surface area (Å²) in [5, 5.41) is 8.87. The third-order valence-electron chi connectivity index (χ3n) is 3.03. The minimum absolute atomic E-state index is 0.109. The van der Waals surface area contributed by atoms with Crippen LogP contribution in [0.4, 0.5) is 5.69 Å². The molecule has 2 rings (SSSR count). The third-order valence-corrected chi connectivity index (χ3v) is 3.03. The van der Waals surface area contributed by atoms with E-state index in [-0.39, 0.29) is 5.56 Å². The molecular formula is C15H21N3O. The van der Waals surface area contributed by atoms with E-state index in [1.165, 1.54) is 0 Å². The maximum absolute atomic E-state index is 11.1. The van der Waals surface area contributed by atoms with Crippen molar-refractivity contribution in [2.75, 3.05) is 5.32 Å². The maximum Gasteiger partial charge on any atom is 0.264 e. The van der Waals surface area contributed by atoms with Crippen molar-refractivity contribution < 1.29 is 0 Å². The van der Waals surface area contributed by atoms with E-state index in [2.05, 4.69) is 36.3 Å². The molecule has 0 saturated heterocycles. The summed E-state index contributed by atoms with van der Waals surface area (Å²) >= 11 is 0. The van der Waals surface area contributed by atoms with Crippen LogP contribution in [-0.4, -0.2) is 16.2 Å². The molecule has 0 saturated carbocycles. The lowest BCUT2D eigenvalue weighted by Crippen LogP contribution is -2.17. The summed E-state index contributed by atoms with van der Waals surface area (Å²) in [6, 6.07) is 10.1. The molecule has 0 spiro atoms. The van der Waals surface area contributed by atoms with Crippen molar-refractivity contribution in [2.24, 2.45) is 5.92 Å². The first-order chi connectivity index (χ1) is 9.04. The van der Waals surface area contributed by atoms with Gasteiger partial charge in [-0.25, -0.2) is 0 Å². The molecule has 4 nitrogen and oxygen atoms in total. The second-order valence-corrected chi connectivity index (χ2v) is 5.42. The minimum atomic E-state index is -0.109. The first kappa shape index (κ1) is 13.5. The van der Waals surface area contributed by atoms with Crippen molar-refractivity contribution in [2.45, 2.75) is 33.2 Å². The Morgan fingerprint density at radius 1 is 1.11 bits per heavy atom. The van der Waals surface area contributed by atoms with Crippen LogP contribution in [0.25, 0.3) is 11.3 Å². The summed E-state index contributed by atoms with van der Waals surface area (Å²) < 4.78 is 0. The monoisotopic (exact) mass is 259 g/mol. The molecule has 3 N–H and O–H groups in total. The van der Waals surface area contributed by atoms with E-state index in [1.54, 1.807) is 6.07 Å². The van der Waals surface area contributed by atoms with Crippen molar-refractivity contribution in [3.63, 3.8) is 0 Å². The van der Waals surface area contributed by atoms with Gasteiger partial charge in [0.1, 0.15) is 0 Å². The van der Waals surface area contributed by atoms with Gasteiger partial charge in [-0.3, -0.25) is 15.0 Å². The van der Waals surface area contributed by atoms with E-state index < -0.39 is 0 Å². The molecule has 1 unspecified atom stereocenters. The fourth-order valence-electron chi connectivity index (χ4n) is 2.28. The van der Waals surface area contributed by atoms with Crippen LogP contribution < -0.4 is 10.9 Å². The van der Waals surface area contributed by atoms with E-state index >= 15 is 0 Å². The molecule has 0 aliphatic carbocycles. The molecule has 4 heteroatoms. The second-order valence-electron chi connectivity index (χ2n) is 5.42. The van der Waals surface area contributed by atoms with E-state index in [0.717, 1.165) is 23.4 Å². The molecular weight excluding hydrogens is 238 g/mol. The number of benzene rings is 1. The first-order valence-corrected chi connectivity index (χ1v) is 6.69. The second kappa shape index (κ2) is 5.78. The molecule has 2 aromatic rings. The Kier molecular flexibility index (Phi) is 4.10. The molecule has 102 valence electrons. The van der Waals surface area contributed by atoms with Crippen LogP contribution in [0.3, 0.4) is 0 Å². The van der Waals surface area contributed by atoms with Gasteiger partial charge in [0.15, 0.2) is 0 Å². The number of hydrogen-bond donors (Lipinski definition) is 3. The van der Waals surface area contributed by atoms with Gasteiger partial charge in [-0.15, -0.1) is 0 Å². The van der Waals surface area contributed by atoms with Gasteiger partial charge in [0.05, 0.1) is 5.69 Å². The number of aromatic nitrogens is 2. The van der Waals surface area contributed by atoms with Crippen LogP contribution in [-0.2, 0) is 0 Å². The fraction of sp³-hybridized carbons (Fsp3) is 0.400. The summed E-state index contributed by atoms with van der Waals surface area (Å²) in [7, 11) is 0. The van der Waals surface area contributed by atoms with Gasteiger partial charge in [-0.1, -0.05) is 26.0 Å². The molecule has 19 heavy (non-hydrogen) atoms. The van der Waals surface area contributed by atoms with Gasteiger partial charge < -0.3 is 5.32 Å². The SMILES string of the molecule is CC(C)CC(C)Nc1ccc(-c2cc(=O)[nH][nH]2)cc1. The van der Waals surface area contributed by atoms with E-state index in [9.17, 15) is 4.79 Å². The highest BCUT2D eigenvalue weighted by atomic mass is 16.1. The highest BCUT2D eigenvalue weighted by molar-refractivity contribution is 5.62. The summed E-state index contributed by atoms with van der Waals surface area (Å²) in [4.78, 5) is 11.1. The summed E-state index contributed by atoms with van der Waals surface area (Å²) in [6.45, 7) is 6.64. The molecule has 0 aliphatic rings. The lowest BCUT2D eigenvalue weighted by molar-refractivity contribution is 0.540. The van der Waals surface area contributed by atoms with E-state index in [1.807, 2.05) is 24.3 Å². The molecule has 1 atom stereocenters. The lowest BCUT2D eigenvalue weighted by Gasteiger charge is -2.17. The van der Waals surface area contributed by atoms with E-state index in [4.69, 9.17) is 0 Å². The van der Waals surface area contributed by atoms with Crippen LogP contribution in [0.15, 0.2) is 35.1 Å². The zero-order chi connectivity index (χ0) is 13.8. The highest BCUT2D eigenvalue weighted by Gasteiger charge is 2.05. The summed E-state index contributed by atoms with van der Waals surface area (Å²) in [5.41, 5.74) is 2.81. The zero-order valence-corrected chi connectivity index (χ0v) is 11.7. The number of hydrogen-bond acceptors (Lipinski definition) is 2. The average molecular weight is 259 g/mol. The first-order valence-electron chi connectivity index (χ1n) is 6.69. The number of aromatic amines is 2. The molecule has 0 amide bonds. The third kappa shape index (κ3) is 3.74. The Labute approximate surface area is 113 Å². The Balaban J connectivity index is 2.04. The average Bonchev–Trinajstić information content (AvgIpc) is 2.75. The number of nitrogens with one attached hydrogen (secondary N) is 3. The topological polar surface area (TPSA) is 60.7 Å².